The topological polar surface area (TPSA) is 90.8 Å². The molecule has 6 nitrogen and oxygen atoms in total. The largest absolute Gasteiger partial charge is 0.507 e. The van der Waals surface area contributed by atoms with Gasteiger partial charge in [0.2, 0.25) is 11.8 Å². The Kier molecular flexibility index (Phi) is 7.80. The maximum Gasteiger partial charge on any atom is 0.240 e. The highest BCUT2D eigenvalue weighted by molar-refractivity contribution is 9.10. The minimum atomic E-state index is -0.300. The first-order chi connectivity index (χ1) is 12.4. The summed E-state index contributed by atoms with van der Waals surface area (Å²) in [6, 6.07) is 12.2. The van der Waals surface area contributed by atoms with Crippen LogP contribution < -0.4 is 10.7 Å². The van der Waals surface area contributed by atoms with Crippen molar-refractivity contribution in [1.29, 1.82) is 0 Å². The van der Waals surface area contributed by atoms with Gasteiger partial charge < -0.3 is 10.4 Å². The van der Waals surface area contributed by atoms with Gasteiger partial charge in [0, 0.05) is 33.0 Å². The van der Waals surface area contributed by atoms with Crippen molar-refractivity contribution in [3.8, 4) is 5.75 Å². The molecule has 2 rings (SSSR count). The Morgan fingerprint density at radius 2 is 1.77 bits per heavy atom. The van der Waals surface area contributed by atoms with E-state index in [1.807, 2.05) is 12.1 Å². The molecule has 0 heterocycles. The zero-order valence-electron chi connectivity index (χ0n) is 13.7. The van der Waals surface area contributed by atoms with Crippen LogP contribution in [0.1, 0.15) is 24.8 Å². The van der Waals surface area contributed by atoms with Gasteiger partial charge >= 0.3 is 0 Å². The van der Waals surface area contributed by atoms with Gasteiger partial charge in [0.1, 0.15) is 5.75 Å². The molecule has 3 N–H and O–H groups in total. The molecule has 2 aromatic rings. The van der Waals surface area contributed by atoms with Gasteiger partial charge in [0.15, 0.2) is 0 Å². The maximum atomic E-state index is 11.9. The van der Waals surface area contributed by atoms with Crippen molar-refractivity contribution in [1.82, 2.24) is 5.43 Å². The molecule has 136 valence electrons. The van der Waals surface area contributed by atoms with E-state index in [4.69, 9.17) is 0 Å². The molecule has 0 spiro atoms. The van der Waals surface area contributed by atoms with Crippen molar-refractivity contribution < 1.29 is 14.7 Å². The molecule has 0 saturated heterocycles. The van der Waals surface area contributed by atoms with Gasteiger partial charge in [-0.1, -0.05) is 37.9 Å². The number of benzene rings is 2. The van der Waals surface area contributed by atoms with Gasteiger partial charge in [-0.2, -0.15) is 5.10 Å². The van der Waals surface area contributed by atoms with Gasteiger partial charge in [-0.05, 0) is 42.8 Å². The summed E-state index contributed by atoms with van der Waals surface area (Å²) in [6.45, 7) is 0. The molecule has 0 aromatic heterocycles. The van der Waals surface area contributed by atoms with E-state index in [1.54, 1.807) is 24.3 Å². The summed E-state index contributed by atoms with van der Waals surface area (Å²) < 4.78 is 1.67. The molecule has 0 aliphatic heterocycles. The number of halogens is 2. The van der Waals surface area contributed by atoms with E-state index in [9.17, 15) is 14.7 Å². The van der Waals surface area contributed by atoms with Gasteiger partial charge in [-0.3, -0.25) is 9.59 Å². The molecule has 8 heteroatoms. The molecule has 0 bridgehead atoms. The second kappa shape index (κ2) is 10.1. The average Bonchev–Trinajstić information content (AvgIpc) is 2.58. The molecular formula is C18H17Br2N3O3. The number of amides is 2. The standard InChI is InChI=1S/C18H17Br2N3O3/c19-13-3-1-4-15(10-13)22-17(25)5-2-6-18(26)23-21-11-12-9-14(20)7-8-16(12)24/h1,3-4,7-11,24H,2,5-6H2,(H,22,25)(H,23,26)/b21-11-. The number of phenols is 1. The van der Waals surface area contributed by atoms with Crippen LogP contribution >= 0.6 is 31.9 Å². The summed E-state index contributed by atoms with van der Waals surface area (Å²) in [5.74, 6) is -0.389. The SMILES string of the molecule is O=C(CCCC(=O)Nc1cccc(Br)c1)N/N=C\c1cc(Br)ccc1O. The summed E-state index contributed by atoms with van der Waals surface area (Å²) in [6.07, 6.45) is 2.17. The normalized spacial score (nSPS) is 10.7. The highest BCUT2D eigenvalue weighted by Crippen LogP contribution is 2.20. The molecule has 0 unspecified atom stereocenters. The predicted molar refractivity (Wildman–Crippen MR) is 108 cm³/mol. The maximum absolute atomic E-state index is 11.9. The first kappa shape index (κ1) is 20.1. The molecule has 0 aliphatic carbocycles. The van der Waals surface area contributed by atoms with Crippen LogP contribution in [0.25, 0.3) is 0 Å². The van der Waals surface area contributed by atoms with Crippen LogP contribution in [0, 0.1) is 0 Å². The van der Waals surface area contributed by atoms with Crippen molar-refractivity contribution in [2.45, 2.75) is 19.3 Å². The number of aromatic hydroxyl groups is 1. The van der Waals surface area contributed by atoms with Crippen molar-refractivity contribution in [3.63, 3.8) is 0 Å². The second-order valence-electron chi connectivity index (χ2n) is 5.41. The number of carbonyl (C=O) groups is 2. The van der Waals surface area contributed by atoms with Gasteiger partial charge in [0.25, 0.3) is 0 Å². The number of rotatable bonds is 7. The zero-order chi connectivity index (χ0) is 18.9. The third-order valence-electron chi connectivity index (χ3n) is 3.30. The first-order valence-electron chi connectivity index (χ1n) is 7.80. The Bertz CT molecular complexity index is 825. The Labute approximate surface area is 167 Å². The molecule has 2 amide bonds. The van der Waals surface area contributed by atoms with Crippen LogP contribution in [0.4, 0.5) is 5.69 Å². The zero-order valence-corrected chi connectivity index (χ0v) is 16.9. The summed E-state index contributed by atoms with van der Waals surface area (Å²) in [5, 5.41) is 16.2. The lowest BCUT2D eigenvalue weighted by atomic mass is 10.2. The lowest BCUT2D eigenvalue weighted by Crippen LogP contribution is -2.18. The summed E-state index contributed by atoms with van der Waals surface area (Å²) in [7, 11) is 0. The van der Waals surface area contributed by atoms with Crippen LogP contribution in [0.5, 0.6) is 5.75 Å². The minimum Gasteiger partial charge on any atom is -0.507 e. The van der Waals surface area contributed by atoms with E-state index in [1.165, 1.54) is 12.3 Å². The molecule has 0 radical (unpaired) electrons. The number of hydrazone groups is 1. The van der Waals surface area contributed by atoms with Crippen LogP contribution in [-0.4, -0.2) is 23.1 Å². The van der Waals surface area contributed by atoms with Crippen LogP contribution in [0.15, 0.2) is 56.5 Å². The van der Waals surface area contributed by atoms with E-state index in [0.29, 0.717) is 17.7 Å². The summed E-state index contributed by atoms with van der Waals surface area (Å²) in [5.41, 5.74) is 3.56. The lowest BCUT2D eigenvalue weighted by molar-refractivity contribution is -0.121. The number of anilines is 1. The highest BCUT2D eigenvalue weighted by Gasteiger charge is 2.06. The molecule has 0 saturated carbocycles. The number of phenolic OH excluding ortho intramolecular Hbond substituents is 1. The molecule has 0 atom stereocenters. The fraction of sp³-hybridized carbons (Fsp3) is 0.167. The number of hydrogen-bond acceptors (Lipinski definition) is 4. The number of carbonyl (C=O) groups excluding carboxylic acids is 2. The summed E-state index contributed by atoms with van der Waals surface area (Å²) in [4.78, 5) is 23.6. The van der Waals surface area contributed by atoms with Crippen LogP contribution in [0.2, 0.25) is 0 Å². The number of hydrogen-bond donors (Lipinski definition) is 3. The molecular weight excluding hydrogens is 466 g/mol. The minimum absolute atomic E-state index is 0.0652. The Morgan fingerprint density at radius 1 is 1.04 bits per heavy atom. The molecule has 26 heavy (non-hydrogen) atoms. The van der Waals surface area contributed by atoms with Gasteiger partial charge in [0.05, 0.1) is 6.21 Å². The Morgan fingerprint density at radius 3 is 2.54 bits per heavy atom. The molecule has 2 aromatic carbocycles. The van der Waals surface area contributed by atoms with Crippen molar-refractivity contribution in [2.75, 3.05) is 5.32 Å². The fourth-order valence-electron chi connectivity index (χ4n) is 2.06. The lowest BCUT2D eigenvalue weighted by Gasteiger charge is -2.05. The van der Waals surface area contributed by atoms with E-state index >= 15 is 0 Å². The predicted octanol–water partition coefficient (Wildman–Crippen LogP) is 4.18. The van der Waals surface area contributed by atoms with Crippen LogP contribution in [0.3, 0.4) is 0 Å². The van der Waals surface area contributed by atoms with E-state index in [2.05, 4.69) is 47.7 Å². The third kappa shape index (κ3) is 6.97. The average molecular weight is 483 g/mol. The van der Waals surface area contributed by atoms with Crippen molar-refractivity contribution in [2.24, 2.45) is 5.10 Å². The van der Waals surface area contributed by atoms with Crippen molar-refractivity contribution >= 4 is 55.6 Å². The van der Waals surface area contributed by atoms with Crippen molar-refractivity contribution in [3.05, 3.63) is 57.0 Å². The monoisotopic (exact) mass is 481 g/mol. The highest BCUT2D eigenvalue weighted by atomic mass is 79.9. The number of nitrogens with one attached hydrogen (secondary N) is 2. The molecule has 0 fully saturated rings. The van der Waals surface area contributed by atoms with E-state index in [-0.39, 0.29) is 30.4 Å². The fourth-order valence-corrected chi connectivity index (χ4v) is 2.84. The second-order valence-corrected chi connectivity index (χ2v) is 7.24. The molecule has 0 aliphatic rings. The smallest absolute Gasteiger partial charge is 0.240 e. The summed E-state index contributed by atoms with van der Waals surface area (Å²) >= 11 is 6.63. The quantitative estimate of drug-likeness (QED) is 0.408. The van der Waals surface area contributed by atoms with Gasteiger partial charge in [-0.15, -0.1) is 0 Å². The van der Waals surface area contributed by atoms with E-state index in [0.717, 1.165) is 8.95 Å². The van der Waals surface area contributed by atoms with E-state index < -0.39 is 0 Å². The Hall–Kier alpha value is -2.19. The Balaban J connectivity index is 1.71. The third-order valence-corrected chi connectivity index (χ3v) is 4.29. The van der Waals surface area contributed by atoms with Crippen LogP contribution in [-0.2, 0) is 9.59 Å². The van der Waals surface area contributed by atoms with Gasteiger partial charge in [-0.25, -0.2) is 5.43 Å². The first-order valence-corrected chi connectivity index (χ1v) is 9.38. The number of nitrogens with zero attached hydrogens (tertiary/aromatic N) is 1.